The van der Waals surface area contributed by atoms with Gasteiger partial charge in [-0.1, -0.05) is 157 Å². The van der Waals surface area contributed by atoms with Crippen molar-refractivity contribution in [3.63, 3.8) is 0 Å². The Kier molecular flexibility index (Phi) is 16.6. The van der Waals surface area contributed by atoms with Gasteiger partial charge in [0.05, 0.1) is 0 Å². The van der Waals surface area contributed by atoms with Crippen LogP contribution in [0.3, 0.4) is 0 Å². The van der Waals surface area contributed by atoms with Crippen molar-refractivity contribution in [1.82, 2.24) is 0 Å². The summed E-state index contributed by atoms with van der Waals surface area (Å²) in [6.07, 6.45) is 22.2. The van der Waals surface area contributed by atoms with Crippen molar-refractivity contribution in [2.24, 2.45) is 0 Å². The minimum Gasteiger partial charge on any atom is -0.141 e. The summed E-state index contributed by atoms with van der Waals surface area (Å²) in [4.78, 5) is 0. The molecule has 0 bridgehead atoms. The standard InChI is InChI=1S/C32H64Si4/c1-9-13-17-21-25-33(5)29-30-35(7,27-23-19-15-11-3)36(8,28-24-20-16-12-4)32-31-34(33,6)26-22-18-14-10-2/h9-28H2,1-8H3. The fourth-order valence-corrected chi connectivity index (χ4v) is 32.4. The normalized spacial score (nSPS) is 29.6. The minimum atomic E-state index is -1.67. The molecule has 4 heteroatoms. The average Bonchev–Trinajstić information content (AvgIpc) is 2.87. The van der Waals surface area contributed by atoms with Gasteiger partial charge in [0, 0.05) is 0 Å². The third-order valence-electron chi connectivity index (χ3n) is 9.79. The zero-order valence-electron chi connectivity index (χ0n) is 26.1. The van der Waals surface area contributed by atoms with Crippen LogP contribution < -0.4 is 0 Å². The van der Waals surface area contributed by atoms with Gasteiger partial charge in [0.1, 0.15) is 30.4 Å². The Balaban J connectivity index is 3.39. The SMILES string of the molecule is CCCCCC[Si]1(C)C#C[Si](C)(CCCCCC)[Si](C)(CCCCCC)C#C[Si]1(C)CCCCCC. The Bertz CT molecular complexity index is 610. The van der Waals surface area contributed by atoms with Crippen LogP contribution in [0, 0.1) is 22.2 Å². The van der Waals surface area contributed by atoms with Gasteiger partial charge in [-0.05, 0) is 24.2 Å². The quantitative estimate of drug-likeness (QED) is 0.0788. The van der Waals surface area contributed by atoms with Crippen LogP contribution in [0.25, 0.3) is 0 Å². The molecule has 0 aromatic carbocycles. The summed E-state index contributed by atoms with van der Waals surface area (Å²) in [7, 11) is -6.69. The van der Waals surface area contributed by atoms with Crippen LogP contribution in [0.2, 0.25) is 50.4 Å². The molecular formula is C32H64Si4. The molecule has 0 saturated carbocycles. The average molecular weight is 561 g/mol. The molecule has 1 aliphatic rings. The monoisotopic (exact) mass is 560 g/mol. The van der Waals surface area contributed by atoms with E-state index >= 15 is 0 Å². The van der Waals surface area contributed by atoms with Gasteiger partial charge in [-0.25, -0.2) is 0 Å². The third kappa shape index (κ3) is 10.3. The molecule has 1 aliphatic heterocycles. The Morgan fingerprint density at radius 3 is 0.667 bits per heavy atom. The Labute approximate surface area is 232 Å². The van der Waals surface area contributed by atoms with Crippen LogP contribution in [0.5, 0.6) is 0 Å². The Hall–Kier alpha value is -0.0125. The largest absolute Gasteiger partial charge is 0.141 e. The highest BCUT2D eigenvalue weighted by Crippen LogP contribution is 2.36. The molecule has 1 rings (SSSR count). The predicted octanol–water partition coefficient (Wildman–Crippen LogP) is 11.0. The van der Waals surface area contributed by atoms with Crippen molar-refractivity contribution in [3.8, 4) is 22.2 Å². The summed E-state index contributed by atoms with van der Waals surface area (Å²) in [5, 5.41) is 0. The molecule has 0 amide bonds. The van der Waals surface area contributed by atoms with E-state index in [-0.39, 0.29) is 0 Å². The molecule has 0 saturated heterocycles. The molecule has 0 aliphatic carbocycles. The van der Waals surface area contributed by atoms with Crippen molar-refractivity contribution in [3.05, 3.63) is 0 Å². The number of unbranched alkanes of at least 4 members (excludes halogenated alkanes) is 12. The van der Waals surface area contributed by atoms with Crippen LogP contribution in [-0.2, 0) is 0 Å². The Morgan fingerprint density at radius 1 is 0.306 bits per heavy atom. The topological polar surface area (TPSA) is 0 Å². The van der Waals surface area contributed by atoms with Crippen molar-refractivity contribution in [2.75, 3.05) is 0 Å². The summed E-state index contributed by atoms with van der Waals surface area (Å²) in [6, 6.07) is 5.72. The molecule has 4 atom stereocenters. The van der Waals surface area contributed by atoms with Crippen LogP contribution >= 0.6 is 0 Å². The van der Waals surface area contributed by atoms with E-state index < -0.39 is 30.4 Å². The summed E-state index contributed by atoms with van der Waals surface area (Å²) >= 11 is 0. The molecule has 1 heterocycles. The third-order valence-corrected chi connectivity index (χ3v) is 42.4. The number of hydrogen-bond donors (Lipinski definition) is 0. The van der Waals surface area contributed by atoms with E-state index in [9.17, 15) is 0 Å². The maximum atomic E-state index is 4.34. The zero-order valence-corrected chi connectivity index (χ0v) is 30.1. The van der Waals surface area contributed by atoms with E-state index in [1.165, 1.54) is 127 Å². The molecule has 0 nitrogen and oxygen atoms in total. The van der Waals surface area contributed by atoms with Gasteiger partial charge in [0.25, 0.3) is 0 Å². The molecule has 208 valence electrons. The van der Waals surface area contributed by atoms with Gasteiger partial charge in [-0.2, -0.15) is 0 Å². The predicted molar refractivity (Wildman–Crippen MR) is 178 cm³/mol. The number of hydrogen-bond acceptors (Lipinski definition) is 0. The van der Waals surface area contributed by atoms with E-state index in [1.54, 1.807) is 0 Å². The second-order valence-corrected chi connectivity index (χ2v) is 40.0. The molecule has 36 heavy (non-hydrogen) atoms. The van der Waals surface area contributed by atoms with E-state index in [2.05, 4.69) is 76.1 Å². The van der Waals surface area contributed by atoms with E-state index in [0.29, 0.717) is 0 Å². The van der Waals surface area contributed by atoms with Gasteiger partial charge in [0.2, 0.25) is 0 Å². The van der Waals surface area contributed by atoms with Crippen LogP contribution in [0.1, 0.15) is 130 Å². The fourth-order valence-electron chi connectivity index (χ4n) is 6.08. The summed E-state index contributed by atoms with van der Waals surface area (Å²) < 4.78 is 0. The fraction of sp³-hybridized carbons (Fsp3) is 0.875. The maximum absolute atomic E-state index is 4.34. The maximum Gasteiger partial charge on any atom is 0.140 e. The molecule has 0 aromatic rings. The van der Waals surface area contributed by atoms with Crippen molar-refractivity contribution in [2.45, 2.75) is 181 Å². The van der Waals surface area contributed by atoms with Crippen LogP contribution in [0.15, 0.2) is 0 Å². The first-order chi connectivity index (χ1) is 17.2. The molecule has 0 fully saturated rings. The molecule has 0 radical (unpaired) electrons. The smallest absolute Gasteiger partial charge is 0.140 e. The lowest BCUT2D eigenvalue weighted by atomic mass is 10.2. The van der Waals surface area contributed by atoms with E-state index in [0.717, 1.165) is 0 Å². The summed E-state index contributed by atoms with van der Waals surface area (Å²) in [6.45, 7) is 20.2. The highest BCUT2D eigenvalue weighted by molar-refractivity contribution is 7.52. The van der Waals surface area contributed by atoms with Gasteiger partial charge in [-0.3, -0.25) is 0 Å². The number of rotatable bonds is 20. The summed E-state index contributed by atoms with van der Waals surface area (Å²) in [5.41, 5.74) is 17.4. The first-order valence-corrected chi connectivity index (χ1v) is 29.1. The first kappa shape index (κ1) is 34.0. The van der Waals surface area contributed by atoms with Crippen LogP contribution in [-0.4, -0.2) is 30.4 Å². The molecular weight excluding hydrogens is 497 g/mol. The Morgan fingerprint density at radius 2 is 0.500 bits per heavy atom. The lowest BCUT2D eigenvalue weighted by molar-refractivity contribution is 0.695. The van der Waals surface area contributed by atoms with E-state index in [4.69, 9.17) is 0 Å². The second kappa shape index (κ2) is 17.6. The molecule has 0 aromatic heterocycles. The summed E-state index contributed by atoms with van der Waals surface area (Å²) in [5.74, 6) is 0. The first-order valence-electron chi connectivity index (χ1n) is 16.2. The second-order valence-electron chi connectivity index (χ2n) is 13.1. The van der Waals surface area contributed by atoms with E-state index in [1.807, 2.05) is 0 Å². The highest BCUT2D eigenvalue weighted by Gasteiger charge is 2.52. The van der Waals surface area contributed by atoms with Crippen LogP contribution in [0.4, 0.5) is 0 Å². The lowest BCUT2D eigenvalue weighted by Crippen LogP contribution is -2.63. The van der Waals surface area contributed by atoms with Gasteiger partial charge in [0.15, 0.2) is 0 Å². The molecule has 4 unspecified atom stereocenters. The van der Waals surface area contributed by atoms with Gasteiger partial charge < -0.3 is 0 Å². The lowest BCUT2D eigenvalue weighted by Gasteiger charge is -2.42. The zero-order chi connectivity index (χ0) is 27.0. The van der Waals surface area contributed by atoms with Gasteiger partial charge in [-0.15, -0.1) is 22.2 Å². The minimum absolute atomic E-state index is 1.33. The molecule has 0 spiro atoms. The van der Waals surface area contributed by atoms with Crippen molar-refractivity contribution in [1.29, 1.82) is 0 Å². The molecule has 0 N–H and O–H groups in total. The van der Waals surface area contributed by atoms with Gasteiger partial charge >= 0.3 is 0 Å². The van der Waals surface area contributed by atoms with Crippen molar-refractivity contribution >= 4 is 30.4 Å². The highest BCUT2D eigenvalue weighted by atomic mass is 29.3. The van der Waals surface area contributed by atoms with Crippen molar-refractivity contribution < 1.29 is 0 Å².